The number of ether oxygens (including phenoxy) is 1. The highest BCUT2D eigenvalue weighted by Gasteiger charge is 2.21. The molecule has 2 heterocycles. The number of carbonyl (C=O) groups is 1. The number of amides is 1. The fourth-order valence-electron chi connectivity index (χ4n) is 2.75. The number of pyridine rings is 1. The van der Waals surface area contributed by atoms with Gasteiger partial charge in [0.15, 0.2) is 11.0 Å². The number of aryl methyl sites for hydroxylation is 1. The van der Waals surface area contributed by atoms with Crippen LogP contribution >= 0.6 is 11.8 Å². The Morgan fingerprint density at radius 3 is 2.76 bits per heavy atom. The number of benzene rings is 1. The minimum Gasteiger partial charge on any atom is -0.495 e. The summed E-state index contributed by atoms with van der Waals surface area (Å²) in [5.41, 5.74) is 2.59. The van der Waals surface area contributed by atoms with Crippen LogP contribution in [0, 0.1) is 6.92 Å². The van der Waals surface area contributed by atoms with Gasteiger partial charge in [0.05, 0.1) is 18.0 Å². The summed E-state index contributed by atoms with van der Waals surface area (Å²) in [5.74, 6) is 1.19. The van der Waals surface area contributed by atoms with Crippen molar-refractivity contribution in [2.45, 2.75) is 30.8 Å². The highest BCUT2D eigenvalue weighted by molar-refractivity contribution is 8.00. The summed E-state index contributed by atoms with van der Waals surface area (Å²) in [7, 11) is 1.58. The van der Waals surface area contributed by atoms with Crippen molar-refractivity contribution in [2.75, 3.05) is 12.4 Å². The van der Waals surface area contributed by atoms with Crippen molar-refractivity contribution in [3.63, 3.8) is 0 Å². The summed E-state index contributed by atoms with van der Waals surface area (Å²) >= 11 is 1.34. The van der Waals surface area contributed by atoms with Gasteiger partial charge in [-0.3, -0.25) is 14.3 Å². The van der Waals surface area contributed by atoms with Gasteiger partial charge < -0.3 is 10.1 Å². The first-order chi connectivity index (χ1) is 14.0. The maximum absolute atomic E-state index is 12.8. The van der Waals surface area contributed by atoms with Crippen molar-refractivity contribution in [1.29, 1.82) is 0 Å². The SMILES string of the molecule is C=CCn1c(S[C@H](C)C(=O)Nc2cc(C)ccc2OC)nnc1-c1ccncc1. The molecule has 1 N–H and O–H groups in total. The maximum Gasteiger partial charge on any atom is 0.237 e. The number of nitrogens with zero attached hydrogens (tertiary/aromatic N) is 4. The van der Waals surface area contributed by atoms with Crippen LogP contribution < -0.4 is 10.1 Å². The molecule has 1 aromatic carbocycles. The quantitative estimate of drug-likeness (QED) is 0.448. The summed E-state index contributed by atoms with van der Waals surface area (Å²) in [6.45, 7) is 8.15. The Hall–Kier alpha value is -3.13. The zero-order chi connectivity index (χ0) is 20.8. The van der Waals surface area contributed by atoms with E-state index in [1.54, 1.807) is 25.6 Å². The van der Waals surface area contributed by atoms with Crippen LogP contribution in [0.3, 0.4) is 0 Å². The summed E-state index contributed by atoms with van der Waals surface area (Å²) in [6, 6.07) is 9.40. The molecule has 3 aromatic rings. The number of anilines is 1. The van der Waals surface area contributed by atoms with E-state index >= 15 is 0 Å². The van der Waals surface area contributed by atoms with Crippen LogP contribution in [0.25, 0.3) is 11.4 Å². The highest BCUT2D eigenvalue weighted by Crippen LogP contribution is 2.29. The minimum atomic E-state index is -0.390. The smallest absolute Gasteiger partial charge is 0.237 e. The van der Waals surface area contributed by atoms with Gasteiger partial charge in [0, 0.05) is 24.5 Å². The van der Waals surface area contributed by atoms with E-state index in [-0.39, 0.29) is 5.91 Å². The first kappa shape index (κ1) is 20.6. The van der Waals surface area contributed by atoms with Crippen molar-refractivity contribution >= 4 is 23.4 Å². The van der Waals surface area contributed by atoms with Gasteiger partial charge in [-0.05, 0) is 43.7 Å². The van der Waals surface area contributed by atoms with Crippen molar-refractivity contribution in [3.05, 3.63) is 60.9 Å². The topological polar surface area (TPSA) is 81.9 Å². The largest absolute Gasteiger partial charge is 0.495 e. The van der Waals surface area contributed by atoms with E-state index in [4.69, 9.17) is 4.74 Å². The molecular weight excluding hydrogens is 386 g/mol. The molecule has 0 radical (unpaired) electrons. The lowest BCUT2D eigenvalue weighted by molar-refractivity contribution is -0.115. The summed E-state index contributed by atoms with van der Waals surface area (Å²) in [4.78, 5) is 16.8. The molecule has 2 aromatic heterocycles. The van der Waals surface area contributed by atoms with Gasteiger partial charge in [0.1, 0.15) is 5.75 Å². The molecule has 0 aliphatic carbocycles. The molecule has 7 nitrogen and oxygen atoms in total. The molecule has 29 heavy (non-hydrogen) atoms. The van der Waals surface area contributed by atoms with Crippen molar-refractivity contribution in [3.8, 4) is 17.1 Å². The molecule has 0 saturated carbocycles. The van der Waals surface area contributed by atoms with Crippen molar-refractivity contribution < 1.29 is 9.53 Å². The monoisotopic (exact) mass is 409 g/mol. The van der Waals surface area contributed by atoms with Crippen LogP contribution in [-0.2, 0) is 11.3 Å². The van der Waals surface area contributed by atoms with Crippen LogP contribution in [-0.4, -0.2) is 38.0 Å². The van der Waals surface area contributed by atoms with E-state index in [9.17, 15) is 4.79 Å². The molecule has 1 amide bonds. The average Bonchev–Trinajstić information content (AvgIpc) is 3.11. The second kappa shape index (κ2) is 9.38. The van der Waals surface area contributed by atoms with Gasteiger partial charge >= 0.3 is 0 Å². The van der Waals surface area contributed by atoms with Crippen LogP contribution in [0.2, 0.25) is 0 Å². The summed E-state index contributed by atoms with van der Waals surface area (Å²) in [6.07, 6.45) is 5.20. The van der Waals surface area contributed by atoms with E-state index in [1.165, 1.54) is 11.8 Å². The average molecular weight is 410 g/mol. The van der Waals surface area contributed by atoms with Gasteiger partial charge in [-0.1, -0.05) is 23.9 Å². The lowest BCUT2D eigenvalue weighted by Crippen LogP contribution is -2.23. The Bertz CT molecular complexity index is 1000. The summed E-state index contributed by atoms with van der Waals surface area (Å²) < 4.78 is 7.27. The van der Waals surface area contributed by atoms with Gasteiger partial charge in [-0.15, -0.1) is 16.8 Å². The second-order valence-corrected chi connectivity index (χ2v) is 7.70. The first-order valence-corrected chi connectivity index (χ1v) is 9.98. The van der Waals surface area contributed by atoms with Gasteiger partial charge in [-0.2, -0.15) is 0 Å². The first-order valence-electron chi connectivity index (χ1n) is 9.10. The Balaban J connectivity index is 1.79. The zero-order valence-corrected chi connectivity index (χ0v) is 17.4. The molecule has 0 fully saturated rings. The van der Waals surface area contributed by atoms with Gasteiger partial charge in [-0.25, -0.2) is 0 Å². The molecule has 1 atom stereocenters. The van der Waals surface area contributed by atoms with Crippen molar-refractivity contribution in [1.82, 2.24) is 19.7 Å². The van der Waals surface area contributed by atoms with E-state index in [0.717, 1.165) is 11.1 Å². The predicted octanol–water partition coefficient (Wildman–Crippen LogP) is 3.96. The highest BCUT2D eigenvalue weighted by atomic mass is 32.2. The third-order valence-corrected chi connectivity index (χ3v) is 5.31. The Morgan fingerprint density at radius 2 is 2.07 bits per heavy atom. The Morgan fingerprint density at radius 1 is 1.31 bits per heavy atom. The molecule has 0 bridgehead atoms. The fourth-order valence-corrected chi connectivity index (χ4v) is 3.61. The van der Waals surface area contributed by atoms with Gasteiger partial charge in [0.25, 0.3) is 0 Å². The molecule has 8 heteroatoms. The summed E-state index contributed by atoms with van der Waals surface area (Å²) in [5, 5.41) is 11.8. The number of thioether (sulfide) groups is 1. The molecule has 150 valence electrons. The minimum absolute atomic E-state index is 0.141. The zero-order valence-electron chi connectivity index (χ0n) is 16.6. The van der Waals surface area contributed by atoms with E-state index in [1.807, 2.05) is 48.7 Å². The molecule has 0 saturated heterocycles. The number of hydrogen-bond acceptors (Lipinski definition) is 6. The third-order valence-electron chi connectivity index (χ3n) is 4.23. The number of methoxy groups -OCH3 is 1. The normalized spacial score (nSPS) is 11.7. The van der Waals surface area contributed by atoms with E-state index < -0.39 is 5.25 Å². The van der Waals surface area contributed by atoms with Gasteiger partial charge in [0.2, 0.25) is 5.91 Å². The fraction of sp³-hybridized carbons (Fsp3) is 0.238. The number of carbonyl (C=O) groups excluding carboxylic acids is 1. The number of hydrogen-bond donors (Lipinski definition) is 1. The number of rotatable bonds is 8. The second-order valence-electron chi connectivity index (χ2n) is 6.39. The lowest BCUT2D eigenvalue weighted by atomic mass is 10.2. The van der Waals surface area contributed by atoms with Crippen LogP contribution in [0.4, 0.5) is 5.69 Å². The molecule has 0 aliphatic rings. The molecule has 3 rings (SSSR count). The Kier molecular flexibility index (Phi) is 6.66. The number of aromatic nitrogens is 4. The standard InChI is InChI=1S/C21H23N5O2S/c1-5-12-26-19(16-8-10-22-11-9-16)24-25-21(26)29-15(3)20(27)23-17-13-14(2)6-7-18(17)28-4/h5-11,13,15H,1,12H2,2-4H3,(H,23,27)/t15-/m1/s1. The van der Waals surface area contributed by atoms with E-state index in [2.05, 4.69) is 27.1 Å². The molecule has 0 aliphatic heterocycles. The van der Waals surface area contributed by atoms with Crippen LogP contribution in [0.1, 0.15) is 12.5 Å². The lowest BCUT2D eigenvalue weighted by Gasteiger charge is -2.15. The molecule has 0 spiro atoms. The number of allylic oxidation sites excluding steroid dienone is 1. The predicted molar refractivity (Wildman–Crippen MR) is 115 cm³/mol. The third kappa shape index (κ3) is 4.83. The molecule has 0 unspecified atom stereocenters. The number of nitrogens with one attached hydrogen (secondary N) is 1. The Labute approximate surface area is 174 Å². The van der Waals surface area contributed by atoms with Crippen LogP contribution in [0.5, 0.6) is 5.75 Å². The van der Waals surface area contributed by atoms with Crippen LogP contribution in [0.15, 0.2) is 60.5 Å². The van der Waals surface area contributed by atoms with E-state index in [0.29, 0.717) is 29.0 Å². The maximum atomic E-state index is 12.8. The molecular formula is C21H23N5O2S. The van der Waals surface area contributed by atoms with Crippen molar-refractivity contribution in [2.24, 2.45) is 0 Å².